The van der Waals surface area contributed by atoms with Crippen molar-refractivity contribution in [1.29, 1.82) is 0 Å². The monoisotopic (exact) mass is 223 g/mol. The molecule has 16 heavy (non-hydrogen) atoms. The van der Waals surface area contributed by atoms with Crippen molar-refractivity contribution in [2.24, 2.45) is 23.6 Å². The molecule has 5 heteroatoms. The van der Waals surface area contributed by atoms with Crippen LogP contribution in [0.1, 0.15) is 45.0 Å². The molecule has 0 amide bonds. The Kier molecular flexibility index (Phi) is 3.56. The lowest BCUT2D eigenvalue weighted by molar-refractivity contribution is 0.173. The Balaban J connectivity index is 2.09. The van der Waals surface area contributed by atoms with Gasteiger partial charge in [-0.25, -0.2) is 10.4 Å². The van der Waals surface area contributed by atoms with E-state index in [1.54, 1.807) is 0 Å². The molecule has 0 bridgehead atoms. The van der Waals surface area contributed by atoms with Crippen molar-refractivity contribution in [2.75, 3.05) is 0 Å². The molecule has 1 fully saturated rings. The number of aromatic amines is 1. The number of hydrogen-bond donors (Lipinski definition) is 3. The van der Waals surface area contributed by atoms with Crippen LogP contribution in [0.5, 0.6) is 0 Å². The zero-order valence-corrected chi connectivity index (χ0v) is 9.98. The van der Waals surface area contributed by atoms with Crippen LogP contribution in [0, 0.1) is 17.8 Å². The van der Waals surface area contributed by atoms with Crippen molar-refractivity contribution in [3.8, 4) is 0 Å². The van der Waals surface area contributed by atoms with E-state index in [2.05, 4.69) is 34.5 Å². The van der Waals surface area contributed by atoms with Crippen LogP contribution in [0.15, 0.2) is 6.33 Å². The number of rotatable bonds is 3. The molecule has 3 unspecified atom stereocenters. The summed E-state index contributed by atoms with van der Waals surface area (Å²) in [4.78, 5) is 4.20. The van der Waals surface area contributed by atoms with Crippen LogP contribution < -0.4 is 11.3 Å². The molecule has 1 aliphatic rings. The lowest BCUT2D eigenvalue weighted by atomic mass is 9.74. The Bertz CT molecular complexity index is 300. The van der Waals surface area contributed by atoms with E-state index in [-0.39, 0.29) is 6.04 Å². The first-order chi connectivity index (χ1) is 7.70. The van der Waals surface area contributed by atoms with Crippen molar-refractivity contribution in [1.82, 2.24) is 20.6 Å². The minimum Gasteiger partial charge on any atom is -0.271 e. The van der Waals surface area contributed by atoms with Gasteiger partial charge in [0.2, 0.25) is 0 Å². The maximum Gasteiger partial charge on any atom is 0.143 e. The number of H-pyrrole nitrogens is 1. The minimum atomic E-state index is 0.104. The summed E-state index contributed by atoms with van der Waals surface area (Å²) in [5, 5.41) is 6.80. The topological polar surface area (TPSA) is 79.6 Å². The van der Waals surface area contributed by atoms with Crippen molar-refractivity contribution in [2.45, 2.75) is 39.2 Å². The molecule has 0 saturated heterocycles. The summed E-state index contributed by atoms with van der Waals surface area (Å²) in [6, 6.07) is 0.104. The quantitative estimate of drug-likeness (QED) is 0.534. The maximum atomic E-state index is 5.65. The zero-order valence-electron chi connectivity index (χ0n) is 9.98. The third-order valence-electron chi connectivity index (χ3n) is 3.59. The van der Waals surface area contributed by atoms with Crippen molar-refractivity contribution < 1.29 is 0 Å². The molecule has 4 N–H and O–H groups in total. The Morgan fingerprint density at radius 2 is 2.06 bits per heavy atom. The fourth-order valence-electron chi connectivity index (χ4n) is 3.08. The summed E-state index contributed by atoms with van der Waals surface area (Å²) >= 11 is 0. The van der Waals surface area contributed by atoms with E-state index in [1.807, 2.05) is 0 Å². The first-order valence-electron chi connectivity index (χ1n) is 6.02. The smallest absolute Gasteiger partial charge is 0.143 e. The van der Waals surface area contributed by atoms with E-state index in [1.165, 1.54) is 25.6 Å². The molecule has 1 heterocycles. The summed E-state index contributed by atoms with van der Waals surface area (Å²) in [5.74, 6) is 8.60. The first-order valence-corrected chi connectivity index (χ1v) is 6.02. The predicted molar refractivity (Wildman–Crippen MR) is 62.1 cm³/mol. The number of hydrazine groups is 1. The van der Waals surface area contributed by atoms with Crippen LogP contribution in [-0.2, 0) is 0 Å². The van der Waals surface area contributed by atoms with Gasteiger partial charge < -0.3 is 0 Å². The van der Waals surface area contributed by atoms with E-state index in [0.29, 0.717) is 5.92 Å². The molecule has 1 aromatic heterocycles. The summed E-state index contributed by atoms with van der Waals surface area (Å²) in [6.07, 6.45) is 5.28. The molecule has 2 rings (SSSR count). The van der Waals surface area contributed by atoms with E-state index in [4.69, 9.17) is 5.84 Å². The van der Waals surface area contributed by atoms with E-state index >= 15 is 0 Å². The van der Waals surface area contributed by atoms with Crippen LogP contribution >= 0.6 is 0 Å². The van der Waals surface area contributed by atoms with Crippen LogP contribution in [0.4, 0.5) is 0 Å². The van der Waals surface area contributed by atoms with Gasteiger partial charge in [0, 0.05) is 0 Å². The van der Waals surface area contributed by atoms with Gasteiger partial charge >= 0.3 is 0 Å². The largest absolute Gasteiger partial charge is 0.271 e. The summed E-state index contributed by atoms with van der Waals surface area (Å²) in [6.45, 7) is 4.63. The maximum absolute atomic E-state index is 5.65. The highest BCUT2D eigenvalue weighted by molar-refractivity contribution is 4.96. The molecule has 1 aromatic rings. The van der Waals surface area contributed by atoms with Crippen molar-refractivity contribution in [3.05, 3.63) is 12.2 Å². The summed E-state index contributed by atoms with van der Waals surface area (Å²) in [5.41, 5.74) is 2.88. The minimum absolute atomic E-state index is 0.104. The molecule has 1 aliphatic carbocycles. The van der Waals surface area contributed by atoms with E-state index < -0.39 is 0 Å². The summed E-state index contributed by atoms with van der Waals surface area (Å²) < 4.78 is 0. The van der Waals surface area contributed by atoms with Crippen LogP contribution in [-0.4, -0.2) is 15.2 Å². The fourth-order valence-corrected chi connectivity index (χ4v) is 3.08. The van der Waals surface area contributed by atoms with Crippen molar-refractivity contribution >= 4 is 0 Å². The number of hydrogen-bond acceptors (Lipinski definition) is 4. The predicted octanol–water partition coefficient (Wildman–Crippen LogP) is 1.38. The van der Waals surface area contributed by atoms with Gasteiger partial charge in [0.15, 0.2) is 0 Å². The molecule has 0 radical (unpaired) electrons. The van der Waals surface area contributed by atoms with Gasteiger partial charge in [0.1, 0.15) is 12.2 Å². The average molecular weight is 223 g/mol. The third-order valence-corrected chi connectivity index (χ3v) is 3.59. The standard InChI is InChI=1S/C11H21N5/c1-7-3-8(2)5-9(4-7)10(15-12)11-13-6-14-16-11/h6-10,15H,3-5,12H2,1-2H3,(H,13,14,16). The van der Waals surface area contributed by atoms with Gasteiger partial charge in [0.25, 0.3) is 0 Å². The lowest BCUT2D eigenvalue weighted by Crippen LogP contribution is -2.37. The molecule has 90 valence electrons. The van der Waals surface area contributed by atoms with Crippen LogP contribution in [0.2, 0.25) is 0 Å². The molecule has 0 aromatic carbocycles. The lowest BCUT2D eigenvalue weighted by Gasteiger charge is -2.35. The Morgan fingerprint density at radius 1 is 1.38 bits per heavy atom. The Labute approximate surface area is 96.2 Å². The normalized spacial score (nSPS) is 32.6. The third kappa shape index (κ3) is 2.41. The molecule has 0 aliphatic heterocycles. The summed E-state index contributed by atoms with van der Waals surface area (Å²) in [7, 11) is 0. The van der Waals surface area contributed by atoms with Crippen LogP contribution in [0.3, 0.4) is 0 Å². The highest BCUT2D eigenvalue weighted by Crippen LogP contribution is 2.38. The fraction of sp³-hybridized carbons (Fsp3) is 0.818. The SMILES string of the molecule is CC1CC(C)CC(C(NN)c2ncn[nH]2)C1. The number of nitrogens with one attached hydrogen (secondary N) is 2. The van der Waals surface area contributed by atoms with Gasteiger partial charge in [-0.3, -0.25) is 10.9 Å². The molecule has 0 spiro atoms. The second-order valence-corrected chi connectivity index (χ2v) is 5.19. The first kappa shape index (κ1) is 11.5. The second-order valence-electron chi connectivity index (χ2n) is 5.19. The van der Waals surface area contributed by atoms with Gasteiger partial charge in [-0.1, -0.05) is 13.8 Å². The van der Waals surface area contributed by atoms with E-state index in [9.17, 15) is 0 Å². The average Bonchev–Trinajstić information content (AvgIpc) is 2.70. The molecular formula is C11H21N5. The molecular weight excluding hydrogens is 202 g/mol. The Morgan fingerprint density at radius 3 is 2.56 bits per heavy atom. The highest BCUT2D eigenvalue weighted by atomic mass is 15.3. The second kappa shape index (κ2) is 4.93. The number of nitrogens with zero attached hydrogens (tertiary/aromatic N) is 2. The molecule has 3 atom stereocenters. The van der Waals surface area contributed by atoms with Gasteiger partial charge in [0.05, 0.1) is 6.04 Å². The molecule has 1 saturated carbocycles. The number of nitrogens with two attached hydrogens (primary N) is 1. The number of aromatic nitrogens is 3. The molecule has 5 nitrogen and oxygen atoms in total. The van der Waals surface area contributed by atoms with Crippen molar-refractivity contribution in [3.63, 3.8) is 0 Å². The van der Waals surface area contributed by atoms with Gasteiger partial charge in [-0.05, 0) is 37.0 Å². The van der Waals surface area contributed by atoms with Crippen LogP contribution in [0.25, 0.3) is 0 Å². The zero-order chi connectivity index (χ0) is 11.5. The Hall–Kier alpha value is -0.940. The van der Waals surface area contributed by atoms with Gasteiger partial charge in [-0.2, -0.15) is 5.10 Å². The highest BCUT2D eigenvalue weighted by Gasteiger charge is 2.31. The van der Waals surface area contributed by atoms with E-state index in [0.717, 1.165) is 17.7 Å². The van der Waals surface area contributed by atoms with Gasteiger partial charge in [-0.15, -0.1) is 0 Å².